The highest BCUT2D eigenvalue weighted by Crippen LogP contribution is 2.48. The van der Waals surface area contributed by atoms with Crippen molar-refractivity contribution in [2.75, 3.05) is 12.9 Å². The van der Waals surface area contributed by atoms with Crippen LogP contribution in [-0.4, -0.2) is 38.5 Å². The third kappa shape index (κ3) is 3.12. The number of benzene rings is 1. The fraction of sp³-hybridized carbons (Fsp3) is 0.304. The van der Waals surface area contributed by atoms with Gasteiger partial charge in [-0.25, -0.2) is 0 Å². The average molecular weight is 405 g/mol. The minimum atomic E-state index is -0.0000478. The van der Waals surface area contributed by atoms with Gasteiger partial charge < -0.3 is 14.2 Å². The van der Waals surface area contributed by atoms with Gasteiger partial charge in [0.15, 0.2) is 5.17 Å². The molecule has 29 heavy (non-hydrogen) atoms. The Balaban J connectivity index is 1.60. The molecule has 0 N–H and O–H groups in total. The molecule has 0 saturated carbocycles. The zero-order valence-corrected chi connectivity index (χ0v) is 17.4. The summed E-state index contributed by atoms with van der Waals surface area (Å²) >= 11 is 1.87. The monoisotopic (exact) mass is 404 g/mol. The van der Waals surface area contributed by atoms with Crippen molar-refractivity contribution in [2.24, 2.45) is 4.99 Å². The molecule has 0 unspecified atom stereocenters. The van der Waals surface area contributed by atoms with Crippen LogP contribution in [0.4, 0.5) is 0 Å². The van der Waals surface area contributed by atoms with Crippen LogP contribution in [0.15, 0.2) is 72.0 Å². The minimum Gasteiger partial charge on any atom is -0.497 e. The number of nitrogens with zero attached hydrogens (tertiary/aromatic N) is 4. The van der Waals surface area contributed by atoms with Crippen molar-refractivity contribution in [1.82, 2.24) is 14.5 Å². The topological polar surface area (TPSA) is 42.6 Å². The smallest absolute Gasteiger partial charge is 0.160 e. The largest absolute Gasteiger partial charge is 0.497 e. The van der Waals surface area contributed by atoms with Crippen molar-refractivity contribution in [3.8, 4) is 11.4 Å². The maximum Gasteiger partial charge on any atom is 0.160 e. The van der Waals surface area contributed by atoms with Gasteiger partial charge >= 0.3 is 0 Å². The highest BCUT2D eigenvalue weighted by molar-refractivity contribution is 8.14. The minimum absolute atomic E-state index is 0.0000478. The molecular formula is C23H24N4OS. The Hall–Kier alpha value is -2.73. The van der Waals surface area contributed by atoms with E-state index in [0.717, 1.165) is 34.5 Å². The fourth-order valence-corrected chi connectivity index (χ4v) is 5.62. The maximum atomic E-state index is 5.33. The van der Waals surface area contributed by atoms with E-state index in [1.54, 1.807) is 7.11 Å². The first-order valence-electron chi connectivity index (χ1n) is 10.0. The SMILES string of the molecule is CC[C@H]1CSC2=N[C@H](c3ccccn3)[C@@H](c3cccn3-c3ccc(OC)cc3)N21. The quantitative estimate of drug-likeness (QED) is 0.609. The lowest BCUT2D eigenvalue weighted by molar-refractivity contribution is 0.249. The molecular weight excluding hydrogens is 380 g/mol. The zero-order chi connectivity index (χ0) is 19.8. The number of aliphatic imine (C=N–C) groups is 1. The first-order valence-corrected chi connectivity index (χ1v) is 11.0. The molecule has 148 valence electrons. The van der Waals surface area contributed by atoms with Crippen molar-refractivity contribution in [2.45, 2.75) is 31.5 Å². The highest BCUT2D eigenvalue weighted by Gasteiger charge is 2.46. The summed E-state index contributed by atoms with van der Waals surface area (Å²) in [4.78, 5) is 12.3. The van der Waals surface area contributed by atoms with Gasteiger partial charge in [0.2, 0.25) is 0 Å². The molecule has 0 amide bonds. The van der Waals surface area contributed by atoms with E-state index >= 15 is 0 Å². The van der Waals surface area contributed by atoms with Crippen LogP contribution in [-0.2, 0) is 0 Å². The molecule has 1 fully saturated rings. The second-order valence-electron chi connectivity index (χ2n) is 7.34. The number of rotatable bonds is 5. The van der Waals surface area contributed by atoms with Gasteiger partial charge in [0, 0.05) is 35.6 Å². The van der Waals surface area contributed by atoms with Gasteiger partial charge in [0.25, 0.3) is 0 Å². The van der Waals surface area contributed by atoms with Crippen LogP contribution in [0.1, 0.15) is 36.8 Å². The molecule has 3 atom stereocenters. The predicted molar refractivity (Wildman–Crippen MR) is 118 cm³/mol. The number of thioether (sulfide) groups is 1. The van der Waals surface area contributed by atoms with Crippen LogP contribution in [0.5, 0.6) is 5.75 Å². The molecule has 6 heteroatoms. The van der Waals surface area contributed by atoms with Gasteiger partial charge in [0.1, 0.15) is 17.8 Å². The van der Waals surface area contributed by atoms with Gasteiger partial charge in [-0.2, -0.15) is 0 Å². The van der Waals surface area contributed by atoms with Crippen LogP contribution in [0, 0.1) is 0 Å². The number of hydrogen-bond donors (Lipinski definition) is 0. The summed E-state index contributed by atoms with van der Waals surface area (Å²) in [6, 6.07) is 19.3. The van der Waals surface area contributed by atoms with Crippen molar-refractivity contribution in [3.63, 3.8) is 0 Å². The molecule has 0 radical (unpaired) electrons. The van der Waals surface area contributed by atoms with E-state index in [4.69, 9.17) is 9.73 Å². The van der Waals surface area contributed by atoms with Crippen LogP contribution in [0.25, 0.3) is 5.69 Å². The first-order chi connectivity index (χ1) is 14.3. The summed E-state index contributed by atoms with van der Waals surface area (Å²) < 4.78 is 7.60. The average Bonchev–Trinajstić information content (AvgIpc) is 3.49. The van der Waals surface area contributed by atoms with Crippen LogP contribution < -0.4 is 4.74 Å². The van der Waals surface area contributed by atoms with Crippen LogP contribution in [0.2, 0.25) is 0 Å². The third-order valence-electron chi connectivity index (χ3n) is 5.76. The van der Waals surface area contributed by atoms with Crippen LogP contribution >= 0.6 is 11.8 Å². The molecule has 4 heterocycles. The Kier molecular flexibility index (Phi) is 4.79. The highest BCUT2D eigenvalue weighted by atomic mass is 32.2. The molecule has 3 aromatic rings. The molecule has 2 aliphatic rings. The molecule has 5 nitrogen and oxygen atoms in total. The Morgan fingerprint density at radius 2 is 1.97 bits per heavy atom. The summed E-state index contributed by atoms with van der Waals surface area (Å²) in [6.45, 7) is 2.27. The van der Waals surface area contributed by atoms with E-state index < -0.39 is 0 Å². The zero-order valence-electron chi connectivity index (χ0n) is 16.6. The summed E-state index contributed by atoms with van der Waals surface area (Å²) in [7, 11) is 1.70. The van der Waals surface area contributed by atoms with Crippen molar-refractivity contribution in [1.29, 1.82) is 0 Å². The van der Waals surface area contributed by atoms with Gasteiger partial charge in [-0.1, -0.05) is 24.8 Å². The van der Waals surface area contributed by atoms with E-state index in [1.807, 2.05) is 36.2 Å². The van der Waals surface area contributed by atoms with Gasteiger partial charge in [-0.05, 0) is 55.0 Å². The van der Waals surface area contributed by atoms with Crippen molar-refractivity contribution >= 4 is 16.9 Å². The van der Waals surface area contributed by atoms with Gasteiger partial charge in [-0.15, -0.1) is 0 Å². The second-order valence-corrected chi connectivity index (χ2v) is 8.32. The van der Waals surface area contributed by atoms with E-state index in [-0.39, 0.29) is 12.1 Å². The summed E-state index contributed by atoms with van der Waals surface area (Å²) in [5, 5.41) is 1.15. The molecule has 0 bridgehead atoms. The van der Waals surface area contributed by atoms with Crippen molar-refractivity contribution < 1.29 is 4.74 Å². The molecule has 2 aliphatic heterocycles. The Morgan fingerprint density at radius 1 is 1.10 bits per heavy atom. The third-order valence-corrected chi connectivity index (χ3v) is 6.89. The lowest BCUT2D eigenvalue weighted by Crippen LogP contribution is -2.36. The first kappa shape index (κ1) is 18.3. The number of aromatic nitrogens is 2. The maximum absolute atomic E-state index is 5.33. The number of fused-ring (bicyclic) bond motifs is 1. The summed E-state index contributed by atoms with van der Waals surface area (Å²) in [5.41, 5.74) is 3.39. The van der Waals surface area contributed by atoms with E-state index in [0.29, 0.717) is 6.04 Å². The predicted octanol–water partition coefficient (Wildman–Crippen LogP) is 4.86. The number of hydrogen-bond acceptors (Lipinski definition) is 5. The van der Waals surface area contributed by atoms with Gasteiger partial charge in [-0.3, -0.25) is 9.98 Å². The van der Waals surface area contributed by atoms with E-state index in [2.05, 4.69) is 64.0 Å². The summed E-state index contributed by atoms with van der Waals surface area (Å²) in [6.07, 6.45) is 5.11. The lowest BCUT2D eigenvalue weighted by Gasteiger charge is -2.32. The fourth-order valence-electron chi connectivity index (χ4n) is 4.28. The molecule has 2 aromatic heterocycles. The molecule has 0 spiro atoms. The molecule has 1 saturated heterocycles. The van der Waals surface area contributed by atoms with Crippen molar-refractivity contribution in [3.05, 3.63) is 78.4 Å². The van der Waals surface area contributed by atoms with Crippen LogP contribution in [0.3, 0.4) is 0 Å². The lowest BCUT2D eigenvalue weighted by atomic mass is 9.99. The number of ether oxygens (including phenoxy) is 1. The standard InChI is InChI=1S/C23H24N4OS/c1-3-16-15-29-23-25-21(19-7-4-5-13-24-19)22(27(16)23)20-8-6-14-26(20)17-9-11-18(28-2)12-10-17/h4-14,16,21-22H,3,15H2,1-2H3/t16-,21+,22+/m0/s1. The molecule has 0 aliphatic carbocycles. The number of pyridine rings is 1. The van der Waals surface area contributed by atoms with E-state index in [1.165, 1.54) is 5.69 Å². The Bertz CT molecular complexity index is 1010. The van der Waals surface area contributed by atoms with E-state index in [9.17, 15) is 0 Å². The van der Waals surface area contributed by atoms with Gasteiger partial charge in [0.05, 0.1) is 12.8 Å². The number of amidine groups is 1. The molecule has 5 rings (SSSR count). The molecule has 1 aromatic carbocycles. The summed E-state index contributed by atoms with van der Waals surface area (Å²) in [5.74, 6) is 1.96. The Labute approximate surface area is 175 Å². The number of methoxy groups -OCH3 is 1. The normalized spacial score (nSPS) is 23.2. The second kappa shape index (κ2) is 7.59. The Morgan fingerprint density at radius 3 is 2.69 bits per heavy atom.